The molecule has 0 aliphatic heterocycles. The molecule has 35 heavy (non-hydrogen) atoms. The molecule has 3 amide bonds. The molecule has 3 aromatic rings. The van der Waals surface area contributed by atoms with Crippen molar-refractivity contribution in [2.45, 2.75) is 45.2 Å². The van der Waals surface area contributed by atoms with Gasteiger partial charge in [-0.1, -0.05) is 50.6 Å². The Morgan fingerprint density at radius 2 is 1.69 bits per heavy atom. The number of anilines is 1. The van der Waals surface area contributed by atoms with Crippen LogP contribution in [0.1, 0.15) is 35.6 Å². The first-order chi connectivity index (χ1) is 16.9. The van der Waals surface area contributed by atoms with Crippen molar-refractivity contribution in [1.29, 1.82) is 0 Å². The molecule has 5 nitrogen and oxygen atoms in total. The summed E-state index contributed by atoms with van der Waals surface area (Å²) < 4.78 is 0. The third kappa shape index (κ3) is 8.44. The molecule has 0 spiro atoms. The Morgan fingerprint density at radius 1 is 0.971 bits per heavy atom. The summed E-state index contributed by atoms with van der Waals surface area (Å²) in [5.41, 5.74) is 1.80. The molecule has 0 aliphatic rings. The summed E-state index contributed by atoms with van der Waals surface area (Å²) in [5.74, 6) is 0.228. The predicted octanol–water partition coefficient (Wildman–Crippen LogP) is 6.89. The van der Waals surface area contributed by atoms with Crippen molar-refractivity contribution in [3.05, 3.63) is 82.0 Å². The van der Waals surface area contributed by atoms with Crippen LogP contribution in [0, 0.1) is 12.8 Å². The standard InChI is InChI=1S/C28H35N3O2S2/c1-5-21(2)17-31(28(33)29-24-12-15-25(34-4)16-13-24)20-27(32)30(18-23-9-7-6-8-10-23)19-26-14-11-22(3)35-26/h6-16,21H,5,17-20H2,1-4H3,(H,29,33). The summed E-state index contributed by atoms with van der Waals surface area (Å²) in [4.78, 5) is 33.8. The third-order valence-corrected chi connectivity index (χ3v) is 7.62. The number of rotatable bonds is 11. The van der Waals surface area contributed by atoms with Gasteiger partial charge in [-0.3, -0.25) is 4.79 Å². The van der Waals surface area contributed by atoms with Crippen molar-refractivity contribution >= 4 is 40.7 Å². The van der Waals surface area contributed by atoms with Crippen LogP contribution in [-0.4, -0.2) is 41.1 Å². The molecule has 7 heteroatoms. The topological polar surface area (TPSA) is 52.7 Å². The molecule has 1 unspecified atom stereocenters. The Balaban J connectivity index is 1.77. The van der Waals surface area contributed by atoms with E-state index in [-0.39, 0.29) is 24.4 Å². The van der Waals surface area contributed by atoms with E-state index in [4.69, 9.17) is 0 Å². The van der Waals surface area contributed by atoms with Gasteiger partial charge in [0.15, 0.2) is 0 Å². The van der Waals surface area contributed by atoms with Gasteiger partial charge in [0, 0.05) is 33.4 Å². The lowest BCUT2D eigenvalue weighted by Crippen LogP contribution is -2.45. The Morgan fingerprint density at radius 3 is 2.29 bits per heavy atom. The Hall–Kier alpha value is -2.77. The van der Waals surface area contributed by atoms with Crippen LogP contribution in [0.2, 0.25) is 0 Å². The minimum absolute atomic E-state index is 0.0380. The zero-order valence-corrected chi connectivity index (χ0v) is 22.6. The lowest BCUT2D eigenvalue weighted by Gasteiger charge is -2.29. The molecular formula is C28H35N3O2S2. The van der Waals surface area contributed by atoms with Crippen LogP contribution < -0.4 is 5.32 Å². The van der Waals surface area contributed by atoms with E-state index in [0.717, 1.165) is 27.4 Å². The number of thiophene rings is 1. The summed E-state index contributed by atoms with van der Waals surface area (Å²) in [5, 5.41) is 2.98. The Bertz CT molecular complexity index is 1080. The number of carbonyl (C=O) groups is 2. The second-order valence-electron chi connectivity index (χ2n) is 8.80. The number of nitrogens with zero attached hydrogens (tertiary/aromatic N) is 2. The van der Waals surface area contributed by atoms with Crippen molar-refractivity contribution in [2.24, 2.45) is 5.92 Å². The largest absolute Gasteiger partial charge is 0.332 e. The maximum atomic E-state index is 13.6. The molecule has 0 radical (unpaired) electrons. The van der Waals surface area contributed by atoms with Gasteiger partial charge in [-0.2, -0.15) is 0 Å². The molecule has 1 atom stereocenters. The zero-order valence-electron chi connectivity index (χ0n) is 21.0. The highest BCUT2D eigenvalue weighted by atomic mass is 32.2. The van der Waals surface area contributed by atoms with Gasteiger partial charge in [-0.25, -0.2) is 4.79 Å². The van der Waals surface area contributed by atoms with Crippen LogP contribution in [0.15, 0.2) is 71.6 Å². The number of hydrogen-bond donors (Lipinski definition) is 1. The minimum Gasteiger partial charge on any atom is -0.332 e. The van der Waals surface area contributed by atoms with Crippen molar-refractivity contribution in [2.75, 3.05) is 24.7 Å². The number of aryl methyl sites for hydroxylation is 1. The molecule has 1 heterocycles. The number of nitrogens with one attached hydrogen (secondary N) is 1. The van der Waals surface area contributed by atoms with Crippen molar-refractivity contribution in [1.82, 2.24) is 9.80 Å². The van der Waals surface area contributed by atoms with Crippen LogP contribution in [-0.2, 0) is 17.9 Å². The average molecular weight is 510 g/mol. The summed E-state index contributed by atoms with van der Waals surface area (Å²) in [6.07, 6.45) is 2.95. The molecule has 3 rings (SSSR count). The van der Waals surface area contributed by atoms with Gasteiger partial charge in [0.05, 0.1) is 6.54 Å². The zero-order chi connectivity index (χ0) is 25.2. The van der Waals surface area contributed by atoms with E-state index < -0.39 is 0 Å². The number of carbonyl (C=O) groups excluding carboxylic acids is 2. The molecule has 0 bridgehead atoms. The number of thioether (sulfide) groups is 1. The van der Waals surface area contributed by atoms with E-state index in [1.54, 1.807) is 28.0 Å². The number of urea groups is 1. The highest BCUT2D eigenvalue weighted by Gasteiger charge is 2.23. The van der Waals surface area contributed by atoms with Crippen LogP contribution in [0.25, 0.3) is 0 Å². The molecule has 186 valence electrons. The van der Waals surface area contributed by atoms with Crippen LogP contribution in [0.5, 0.6) is 0 Å². The Labute approximate surface area is 217 Å². The average Bonchev–Trinajstić information content (AvgIpc) is 3.28. The van der Waals surface area contributed by atoms with Gasteiger partial charge in [0.2, 0.25) is 5.91 Å². The van der Waals surface area contributed by atoms with Crippen molar-refractivity contribution < 1.29 is 9.59 Å². The minimum atomic E-state index is -0.248. The van der Waals surface area contributed by atoms with E-state index in [2.05, 4.69) is 38.2 Å². The van der Waals surface area contributed by atoms with E-state index in [1.807, 2.05) is 65.8 Å². The predicted molar refractivity (Wildman–Crippen MR) is 148 cm³/mol. The van der Waals surface area contributed by atoms with E-state index in [1.165, 1.54) is 4.88 Å². The van der Waals surface area contributed by atoms with Crippen molar-refractivity contribution in [3.8, 4) is 0 Å². The first-order valence-corrected chi connectivity index (χ1v) is 14.0. The molecule has 0 saturated carbocycles. The summed E-state index contributed by atoms with van der Waals surface area (Å²) in [6.45, 7) is 7.87. The third-order valence-electron chi connectivity index (χ3n) is 5.90. The highest BCUT2D eigenvalue weighted by Crippen LogP contribution is 2.20. The number of benzene rings is 2. The van der Waals surface area contributed by atoms with Gasteiger partial charge in [0.25, 0.3) is 0 Å². The lowest BCUT2D eigenvalue weighted by atomic mass is 10.1. The Kier molecular flexibility index (Phi) is 10.2. The van der Waals surface area contributed by atoms with E-state index in [0.29, 0.717) is 19.6 Å². The monoisotopic (exact) mass is 509 g/mol. The number of amides is 3. The molecular weight excluding hydrogens is 474 g/mol. The number of hydrogen-bond acceptors (Lipinski definition) is 4. The molecule has 1 N–H and O–H groups in total. The second-order valence-corrected chi connectivity index (χ2v) is 11.1. The fourth-order valence-electron chi connectivity index (χ4n) is 3.66. The van der Waals surface area contributed by atoms with E-state index in [9.17, 15) is 9.59 Å². The highest BCUT2D eigenvalue weighted by molar-refractivity contribution is 7.98. The normalized spacial score (nSPS) is 11.7. The van der Waals surface area contributed by atoms with Gasteiger partial charge >= 0.3 is 6.03 Å². The van der Waals surface area contributed by atoms with Crippen molar-refractivity contribution in [3.63, 3.8) is 0 Å². The smallest absolute Gasteiger partial charge is 0.322 e. The SMILES string of the molecule is CCC(C)CN(CC(=O)N(Cc1ccccc1)Cc1ccc(C)s1)C(=O)Nc1ccc(SC)cc1. The summed E-state index contributed by atoms with van der Waals surface area (Å²) in [7, 11) is 0. The maximum absolute atomic E-state index is 13.6. The maximum Gasteiger partial charge on any atom is 0.322 e. The first-order valence-electron chi connectivity index (χ1n) is 11.9. The fraction of sp³-hybridized carbons (Fsp3) is 0.357. The summed E-state index contributed by atoms with van der Waals surface area (Å²) in [6, 6.07) is 21.7. The molecule has 0 saturated heterocycles. The first kappa shape index (κ1) is 26.8. The van der Waals surface area contributed by atoms with Gasteiger partial charge in [-0.05, 0) is 61.1 Å². The molecule has 2 aromatic carbocycles. The second kappa shape index (κ2) is 13.4. The molecule has 0 fully saturated rings. The van der Waals surface area contributed by atoms with Crippen LogP contribution >= 0.6 is 23.1 Å². The van der Waals surface area contributed by atoms with E-state index >= 15 is 0 Å². The molecule has 1 aromatic heterocycles. The lowest BCUT2D eigenvalue weighted by molar-refractivity contribution is -0.133. The van der Waals surface area contributed by atoms with Crippen LogP contribution in [0.4, 0.5) is 10.5 Å². The van der Waals surface area contributed by atoms with Gasteiger partial charge in [-0.15, -0.1) is 23.1 Å². The van der Waals surface area contributed by atoms with Gasteiger partial charge in [0.1, 0.15) is 6.54 Å². The summed E-state index contributed by atoms with van der Waals surface area (Å²) >= 11 is 3.36. The quantitative estimate of drug-likeness (QED) is 0.286. The fourth-order valence-corrected chi connectivity index (χ4v) is 4.97. The van der Waals surface area contributed by atoms with Crippen LogP contribution in [0.3, 0.4) is 0 Å². The van der Waals surface area contributed by atoms with Gasteiger partial charge < -0.3 is 15.1 Å². The molecule has 0 aliphatic carbocycles.